The Kier molecular flexibility index (Phi) is 6.23. The molecule has 1 aromatic rings. The summed E-state index contributed by atoms with van der Waals surface area (Å²) < 4.78 is 45.0. The number of likely N-dealkylation sites (N-methyl/N-ethyl adjacent to an activating group) is 1. The van der Waals surface area contributed by atoms with Crippen LogP contribution in [0, 0.1) is 0 Å². The topological polar surface area (TPSA) is 60.2 Å². The number of ether oxygens (including phenoxy) is 1. The highest BCUT2D eigenvalue weighted by Gasteiger charge is 2.27. The molecule has 5 nitrogen and oxygen atoms in total. The highest BCUT2D eigenvalue weighted by Crippen LogP contribution is 2.15. The fourth-order valence-electron chi connectivity index (χ4n) is 1.37. The van der Waals surface area contributed by atoms with E-state index in [1.54, 1.807) is 0 Å². The molecule has 0 saturated heterocycles. The molecule has 0 fully saturated rings. The number of hydrogen-bond donors (Lipinski definition) is 1. The summed E-state index contributed by atoms with van der Waals surface area (Å²) >= 11 is 0. The van der Waals surface area contributed by atoms with E-state index in [0.29, 0.717) is 18.3 Å². The molecule has 1 heterocycles. The van der Waals surface area contributed by atoms with Crippen LogP contribution in [0.15, 0.2) is 4.52 Å². The number of halogens is 3. The molecule has 110 valence electrons. The van der Waals surface area contributed by atoms with E-state index in [2.05, 4.69) is 20.2 Å². The lowest BCUT2D eigenvalue weighted by Crippen LogP contribution is -2.19. The van der Waals surface area contributed by atoms with Crippen LogP contribution in [-0.2, 0) is 11.2 Å². The van der Waals surface area contributed by atoms with E-state index in [4.69, 9.17) is 4.52 Å². The van der Waals surface area contributed by atoms with Gasteiger partial charge in [0.15, 0.2) is 5.82 Å². The second kappa shape index (κ2) is 7.44. The second-order valence-corrected chi connectivity index (χ2v) is 4.18. The lowest BCUT2D eigenvalue weighted by molar-refractivity contribution is -0.173. The fourth-order valence-corrected chi connectivity index (χ4v) is 1.37. The third kappa shape index (κ3) is 6.53. The van der Waals surface area contributed by atoms with Gasteiger partial charge in [0, 0.05) is 18.9 Å². The van der Waals surface area contributed by atoms with E-state index in [1.165, 1.54) is 0 Å². The van der Waals surface area contributed by atoms with Crippen LogP contribution < -0.4 is 5.32 Å². The maximum absolute atomic E-state index is 11.8. The van der Waals surface area contributed by atoms with E-state index in [0.717, 1.165) is 6.54 Å². The van der Waals surface area contributed by atoms with Gasteiger partial charge in [-0.15, -0.1) is 0 Å². The zero-order valence-electron chi connectivity index (χ0n) is 11.0. The SMILES string of the molecule is CCNCC(C)c1nc(CCOCC(F)(F)F)no1. The summed E-state index contributed by atoms with van der Waals surface area (Å²) in [7, 11) is 0. The van der Waals surface area contributed by atoms with Gasteiger partial charge in [0.05, 0.1) is 6.61 Å². The van der Waals surface area contributed by atoms with Crippen molar-refractivity contribution in [2.75, 3.05) is 26.3 Å². The summed E-state index contributed by atoms with van der Waals surface area (Å²) in [4.78, 5) is 4.12. The average Bonchev–Trinajstić information content (AvgIpc) is 2.79. The van der Waals surface area contributed by atoms with Crippen LogP contribution in [0.5, 0.6) is 0 Å². The number of nitrogens with one attached hydrogen (secondary N) is 1. The van der Waals surface area contributed by atoms with E-state index in [-0.39, 0.29) is 18.9 Å². The van der Waals surface area contributed by atoms with Gasteiger partial charge < -0.3 is 14.6 Å². The van der Waals surface area contributed by atoms with Crippen LogP contribution >= 0.6 is 0 Å². The van der Waals surface area contributed by atoms with Crippen molar-refractivity contribution < 1.29 is 22.4 Å². The van der Waals surface area contributed by atoms with Gasteiger partial charge in [0.1, 0.15) is 6.61 Å². The summed E-state index contributed by atoms with van der Waals surface area (Å²) in [6.45, 7) is 4.14. The van der Waals surface area contributed by atoms with E-state index < -0.39 is 12.8 Å². The molecule has 0 aliphatic rings. The molecule has 1 unspecified atom stereocenters. The molecule has 1 rings (SSSR count). The smallest absolute Gasteiger partial charge is 0.372 e. The first-order valence-electron chi connectivity index (χ1n) is 6.10. The van der Waals surface area contributed by atoms with Gasteiger partial charge in [-0.25, -0.2) is 0 Å². The summed E-state index contributed by atoms with van der Waals surface area (Å²) in [6, 6.07) is 0. The van der Waals surface area contributed by atoms with Crippen molar-refractivity contribution >= 4 is 0 Å². The Morgan fingerprint density at radius 3 is 2.79 bits per heavy atom. The maximum Gasteiger partial charge on any atom is 0.411 e. The molecule has 0 aliphatic carbocycles. The van der Waals surface area contributed by atoms with Crippen molar-refractivity contribution in [3.05, 3.63) is 11.7 Å². The van der Waals surface area contributed by atoms with Crippen LogP contribution in [0.2, 0.25) is 0 Å². The minimum Gasteiger partial charge on any atom is -0.372 e. The predicted molar refractivity (Wildman–Crippen MR) is 61.8 cm³/mol. The Labute approximate surface area is 109 Å². The Morgan fingerprint density at radius 1 is 1.42 bits per heavy atom. The molecule has 19 heavy (non-hydrogen) atoms. The summed E-state index contributed by atoms with van der Waals surface area (Å²) in [6.07, 6.45) is -4.10. The number of aromatic nitrogens is 2. The van der Waals surface area contributed by atoms with Crippen LogP contribution in [-0.4, -0.2) is 42.6 Å². The van der Waals surface area contributed by atoms with E-state index >= 15 is 0 Å². The molecular weight excluding hydrogens is 263 g/mol. The van der Waals surface area contributed by atoms with Crippen LogP contribution in [0.25, 0.3) is 0 Å². The Bertz CT molecular complexity index is 368. The van der Waals surface area contributed by atoms with Gasteiger partial charge in [-0.05, 0) is 6.54 Å². The molecule has 0 aromatic carbocycles. The van der Waals surface area contributed by atoms with E-state index in [1.807, 2.05) is 13.8 Å². The highest BCUT2D eigenvalue weighted by molar-refractivity contribution is 4.93. The van der Waals surface area contributed by atoms with Gasteiger partial charge >= 0.3 is 6.18 Å². The molecule has 0 aliphatic heterocycles. The predicted octanol–water partition coefficient (Wildman–Crippen LogP) is 1.90. The third-order valence-corrected chi connectivity index (χ3v) is 2.34. The molecule has 1 N–H and O–H groups in total. The number of hydrogen-bond acceptors (Lipinski definition) is 5. The van der Waals surface area contributed by atoms with Gasteiger partial charge in [-0.1, -0.05) is 19.0 Å². The van der Waals surface area contributed by atoms with Crippen LogP contribution in [0.3, 0.4) is 0 Å². The molecule has 0 radical (unpaired) electrons. The standard InChI is InChI=1S/C11H18F3N3O2/c1-3-15-6-8(2)10-16-9(17-19-10)4-5-18-7-11(12,13)14/h8,15H,3-7H2,1-2H3. The highest BCUT2D eigenvalue weighted by atomic mass is 19.4. The quantitative estimate of drug-likeness (QED) is 0.737. The minimum atomic E-state index is -4.30. The summed E-state index contributed by atoms with van der Waals surface area (Å²) in [5.74, 6) is 0.907. The Balaban J connectivity index is 2.30. The van der Waals surface area contributed by atoms with Gasteiger partial charge in [0.2, 0.25) is 5.89 Å². The van der Waals surface area contributed by atoms with E-state index in [9.17, 15) is 13.2 Å². The van der Waals surface area contributed by atoms with Crippen LogP contribution in [0.1, 0.15) is 31.5 Å². The first-order valence-corrected chi connectivity index (χ1v) is 6.10. The molecule has 0 bridgehead atoms. The van der Waals surface area contributed by atoms with Crippen molar-refractivity contribution in [3.63, 3.8) is 0 Å². The fraction of sp³-hybridized carbons (Fsp3) is 0.818. The summed E-state index contributed by atoms with van der Waals surface area (Å²) in [5, 5.41) is 6.85. The van der Waals surface area contributed by atoms with Crippen molar-refractivity contribution in [1.82, 2.24) is 15.5 Å². The average molecular weight is 281 g/mol. The summed E-state index contributed by atoms with van der Waals surface area (Å²) in [5.41, 5.74) is 0. The lowest BCUT2D eigenvalue weighted by Gasteiger charge is -2.06. The van der Waals surface area contributed by atoms with Gasteiger partial charge in [-0.2, -0.15) is 18.2 Å². The largest absolute Gasteiger partial charge is 0.411 e. The molecule has 1 aromatic heterocycles. The first-order chi connectivity index (χ1) is 8.92. The zero-order valence-corrected chi connectivity index (χ0v) is 11.0. The second-order valence-electron chi connectivity index (χ2n) is 4.18. The molecule has 8 heteroatoms. The van der Waals surface area contributed by atoms with Crippen molar-refractivity contribution in [3.8, 4) is 0 Å². The van der Waals surface area contributed by atoms with Crippen molar-refractivity contribution in [1.29, 1.82) is 0 Å². The normalized spacial score (nSPS) is 13.7. The molecule has 1 atom stereocenters. The van der Waals surface area contributed by atoms with Crippen LogP contribution in [0.4, 0.5) is 13.2 Å². The van der Waals surface area contributed by atoms with Gasteiger partial charge in [-0.3, -0.25) is 0 Å². The number of nitrogens with zero attached hydrogens (tertiary/aromatic N) is 2. The minimum absolute atomic E-state index is 0.0669. The van der Waals surface area contributed by atoms with Crippen molar-refractivity contribution in [2.45, 2.75) is 32.4 Å². The van der Waals surface area contributed by atoms with Gasteiger partial charge in [0.25, 0.3) is 0 Å². The zero-order chi connectivity index (χ0) is 14.3. The molecule has 0 spiro atoms. The number of alkyl halides is 3. The molecule has 0 saturated carbocycles. The maximum atomic E-state index is 11.8. The third-order valence-electron chi connectivity index (χ3n) is 2.34. The molecular formula is C11H18F3N3O2. The number of rotatable bonds is 8. The molecule has 0 amide bonds. The monoisotopic (exact) mass is 281 g/mol. The Hall–Kier alpha value is -1.15. The Morgan fingerprint density at radius 2 is 2.16 bits per heavy atom. The lowest BCUT2D eigenvalue weighted by atomic mass is 10.2. The first kappa shape index (κ1) is 15.9. The van der Waals surface area contributed by atoms with Crippen molar-refractivity contribution in [2.24, 2.45) is 0 Å².